The molecule has 0 aliphatic rings. The van der Waals surface area contributed by atoms with Gasteiger partial charge >= 0.3 is 11.9 Å². The standard InChI is InChI=1S/C46H88N14O11/c1-26(2)24-29(50)38(63)54-32(17-13-23-53-46(51)52)42(67)60-37(28(5)6)44(69)57-31(15-8-11-21-48)39(64)56-33(18-19-36(61)62)41(66)59-35(25-27(3)4)43(68)55-30(14-7-10-20-47)40(65)58-34(45(70)71)16-9-12-22-49/h26-35,37H,7-25,47-50H2,1-6H3,(H,54,63)(H,55,68)(H,56,64)(H,57,69)(H,58,65)(H,59,66)(H,60,67)(H,61,62)(H,70,71)(H4,51,52,53)/t29-,30-,31-,32-,33-,34-,35-,37-/m0/s1. The molecule has 408 valence electrons. The molecule has 0 aliphatic carbocycles. The van der Waals surface area contributed by atoms with E-state index in [2.05, 4.69) is 42.2 Å². The minimum atomic E-state index is -1.55. The highest BCUT2D eigenvalue weighted by molar-refractivity contribution is 5.97. The number of amides is 7. The monoisotopic (exact) mass is 1010 g/mol. The van der Waals surface area contributed by atoms with E-state index in [1.807, 2.05) is 13.8 Å². The molecule has 0 radical (unpaired) electrons. The lowest BCUT2D eigenvalue weighted by molar-refractivity contribution is -0.142. The SMILES string of the molecule is CC(C)C[C@H](NC(=O)[C@H](CCC(=O)O)NC(=O)[C@H](CCCCN)NC(=O)[C@@H](NC(=O)[C@H](CCCN=C(N)N)NC(=O)[C@@H](N)CC(C)C)C(C)C)C(=O)N[C@@H](CCCCN)C(=O)N[C@@H](CCCCN)C(=O)O. The topological polar surface area (TPSA) is 447 Å². The Morgan fingerprint density at radius 2 is 0.817 bits per heavy atom. The van der Waals surface area contributed by atoms with Crippen molar-refractivity contribution in [2.45, 2.75) is 186 Å². The van der Waals surface area contributed by atoms with E-state index < -0.39 is 120 Å². The van der Waals surface area contributed by atoms with Crippen molar-refractivity contribution in [1.82, 2.24) is 37.2 Å². The number of carbonyl (C=O) groups is 9. The minimum Gasteiger partial charge on any atom is -0.481 e. The third-order valence-corrected chi connectivity index (χ3v) is 11.2. The maximum atomic E-state index is 14.1. The fourth-order valence-corrected chi connectivity index (χ4v) is 7.32. The molecule has 25 nitrogen and oxygen atoms in total. The maximum absolute atomic E-state index is 14.1. The Morgan fingerprint density at radius 3 is 1.23 bits per heavy atom. The van der Waals surface area contributed by atoms with E-state index in [-0.39, 0.29) is 69.4 Å². The van der Waals surface area contributed by atoms with Crippen LogP contribution in [0.3, 0.4) is 0 Å². The quantitative estimate of drug-likeness (QED) is 0.0177. The van der Waals surface area contributed by atoms with Crippen LogP contribution in [-0.4, -0.2) is 144 Å². The lowest BCUT2D eigenvalue weighted by Gasteiger charge is -2.29. The van der Waals surface area contributed by atoms with Crippen molar-refractivity contribution in [3.05, 3.63) is 0 Å². The largest absolute Gasteiger partial charge is 0.481 e. The van der Waals surface area contributed by atoms with Crippen molar-refractivity contribution in [3.63, 3.8) is 0 Å². The van der Waals surface area contributed by atoms with E-state index in [1.165, 1.54) is 0 Å². The van der Waals surface area contributed by atoms with Crippen molar-refractivity contribution in [1.29, 1.82) is 0 Å². The van der Waals surface area contributed by atoms with Crippen LogP contribution in [0.1, 0.15) is 138 Å². The smallest absolute Gasteiger partial charge is 0.326 e. The molecule has 0 rings (SSSR count). The summed E-state index contributed by atoms with van der Waals surface area (Å²) in [7, 11) is 0. The number of nitrogens with zero attached hydrogens (tertiary/aromatic N) is 1. The third-order valence-electron chi connectivity index (χ3n) is 11.2. The lowest BCUT2D eigenvalue weighted by Crippen LogP contribution is -2.61. The Kier molecular flexibility index (Phi) is 33.4. The Hall–Kier alpha value is -5.66. The van der Waals surface area contributed by atoms with Crippen molar-refractivity contribution in [3.8, 4) is 0 Å². The fourth-order valence-electron chi connectivity index (χ4n) is 7.32. The average Bonchev–Trinajstić information content (AvgIpc) is 3.28. The number of rotatable bonds is 39. The summed E-state index contributed by atoms with van der Waals surface area (Å²) in [6.07, 6.45) is 2.54. The van der Waals surface area contributed by atoms with Gasteiger partial charge in [-0.15, -0.1) is 0 Å². The van der Waals surface area contributed by atoms with Crippen molar-refractivity contribution >= 4 is 59.2 Å². The second kappa shape index (κ2) is 36.3. The molecule has 0 saturated heterocycles. The zero-order valence-corrected chi connectivity index (χ0v) is 42.8. The number of carbonyl (C=O) groups excluding carboxylic acids is 7. The molecule has 25 heteroatoms. The van der Waals surface area contributed by atoms with E-state index in [4.69, 9.17) is 34.4 Å². The van der Waals surface area contributed by atoms with Gasteiger partial charge in [-0.1, -0.05) is 41.5 Å². The van der Waals surface area contributed by atoms with E-state index in [0.29, 0.717) is 58.0 Å². The number of nitrogens with two attached hydrogens (primary N) is 6. The summed E-state index contributed by atoms with van der Waals surface area (Å²) in [6.45, 7) is 11.7. The second-order valence-electron chi connectivity index (χ2n) is 19.0. The number of aliphatic carboxylic acids is 2. The number of guanidine groups is 1. The van der Waals surface area contributed by atoms with Crippen LogP contribution in [0.25, 0.3) is 0 Å². The average molecular weight is 1010 g/mol. The first kappa shape index (κ1) is 65.3. The van der Waals surface area contributed by atoms with Gasteiger partial charge in [0.05, 0.1) is 6.04 Å². The van der Waals surface area contributed by atoms with Crippen LogP contribution in [-0.2, 0) is 43.2 Å². The Bertz CT molecular complexity index is 1710. The van der Waals surface area contributed by atoms with Gasteiger partial charge in [0.25, 0.3) is 0 Å². The number of nitrogens with one attached hydrogen (secondary N) is 7. The van der Waals surface area contributed by atoms with Crippen molar-refractivity contribution in [2.24, 2.45) is 57.1 Å². The summed E-state index contributed by atoms with van der Waals surface area (Å²) in [5, 5.41) is 37.7. The van der Waals surface area contributed by atoms with E-state index >= 15 is 0 Å². The molecule has 0 unspecified atom stereocenters. The van der Waals surface area contributed by atoms with Gasteiger partial charge in [0.15, 0.2) is 5.96 Å². The third kappa shape index (κ3) is 28.7. The Balaban J connectivity index is 6.68. The first-order valence-electron chi connectivity index (χ1n) is 24.9. The maximum Gasteiger partial charge on any atom is 0.326 e. The first-order valence-corrected chi connectivity index (χ1v) is 24.9. The van der Waals surface area contributed by atoms with Gasteiger partial charge < -0.3 is 81.8 Å². The molecule has 0 aliphatic heterocycles. The predicted molar refractivity (Wildman–Crippen MR) is 268 cm³/mol. The zero-order valence-electron chi connectivity index (χ0n) is 42.8. The molecule has 0 spiro atoms. The molecule has 0 bridgehead atoms. The summed E-state index contributed by atoms with van der Waals surface area (Å²) < 4.78 is 0. The van der Waals surface area contributed by atoms with Gasteiger partial charge in [0.1, 0.15) is 42.3 Å². The molecule has 0 aromatic heterocycles. The number of carboxylic acid groups (broad SMARTS) is 2. The normalized spacial score (nSPS) is 14.7. The van der Waals surface area contributed by atoms with Crippen LogP contribution in [0.5, 0.6) is 0 Å². The highest BCUT2D eigenvalue weighted by Crippen LogP contribution is 2.13. The van der Waals surface area contributed by atoms with Gasteiger partial charge in [-0.25, -0.2) is 4.79 Å². The summed E-state index contributed by atoms with van der Waals surface area (Å²) >= 11 is 0. The summed E-state index contributed by atoms with van der Waals surface area (Å²) in [5.74, 6) is -8.83. The van der Waals surface area contributed by atoms with Crippen LogP contribution in [0.2, 0.25) is 0 Å². The predicted octanol–water partition coefficient (Wildman–Crippen LogP) is -2.15. The van der Waals surface area contributed by atoms with Crippen LogP contribution < -0.4 is 71.6 Å². The van der Waals surface area contributed by atoms with E-state index in [1.54, 1.807) is 27.7 Å². The van der Waals surface area contributed by atoms with Crippen LogP contribution >= 0.6 is 0 Å². The van der Waals surface area contributed by atoms with Gasteiger partial charge in [0.2, 0.25) is 41.4 Å². The Morgan fingerprint density at radius 1 is 0.451 bits per heavy atom. The molecular formula is C46H88N14O11. The van der Waals surface area contributed by atoms with Crippen molar-refractivity contribution in [2.75, 3.05) is 26.2 Å². The van der Waals surface area contributed by atoms with Crippen LogP contribution in [0.4, 0.5) is 0 Å². The number of unbranched alkanes of at least 4 members (excludes halogenated alkanes) is 3. The fraction of sp³-hybridized carbons (Fsp3) is 0.783. The lowest BCUT2D eigenvalue weighted by atomic mass is 9.99. The van der Waals surface area contributed by atoms with E-state index in [0.717, 1.165) is 0 Å². The molecule has 0 aromatic rings. The molecular weight excluding hydrogens is 925 g/mol. The summed E-state index contributed by atoms with van der Waals surface area (Å²) in [6, 6.07) is -9.97. The highest BCUT2D eigenvalue weighted by Gasteiger charge is 2.35. The molecule has 7 amide bonds. The summed E-state index contributed by atoms with van der Waals surface area (Å²) in [4.78, 5) is 124. The van der Waals surface area contributed by atoms with Gasteiger partial charge in [-0.3, -0.25) is 43.3 Å². The van der Waals surface area contributed by atoms with E-state index in [9.17, 15) is 53.4 Å². The van der Waals surface area contributed by atoms with Crippen molar-refractivity contribution < 1.29 is 53.4 Å². The first-order chi connectivity index (χ1) is 33.4. The summed E-state index contributed by atoms with van der Waals surface area (Å²) in [5.41, 5.74) is 33.9. The molecule has 21 N–H and O–H groups in total. The van der Waals surface area contributed by atoms with Crippen LogP contribution in [0.15, 0.2) is 4.99 Å². The molecule has 0 heterocycles. The molecule has 0 aromatic carbocycles. The molecule has 0 saturated carbocycles. The van der Waals surface area contributed by atoms with Gasteiger partial charge in [-0.05, 0) is 127 Å². The number of hydrogen-bond acceptors (Lipinski definition) is 14. The molecule has 0 fully saturated rings. The number of carboxylic acids is 2. The number of hydrogen-bond donors (Lipinski definition) is 15. The zero-order chi connectivity index (χ0) is 54.2. The molecule has 71 heavy (non-hydrogen) atoms. The van der Waals surface area contributed by atoms with Gasteiger partial charge in [-0.2, -0.15) is 0 Å². The Labute approximate surface area is 418 Å². The highest BCUT2D eigenvalue weighted by atomic mass is 16.4. The minimum absolute atomic E-state index is 0.0137. The number of aliphatic imine (C=N–C) groups is 1. The van der Waals surface area contributed by atoms with Crippen LogP contribution in [0, 0.1) is 17.8 Å². The van der Waals surface area contributed by atoms with Gasteiger partial charge in [0, 0.05) is 13.0 Å². The second-order valence-corrected chi connectivity index (χ2v) is 19.0. The molecule has 8 atom stereocenters.